The van der Waals surface area contributed by atoms with Gasteiger partial charge in [-0.3, -0.25) is 9.58 Å². The first-order chi connectivity index (χ1) is 9.35. The van der Waals surface area contributed by atoms with Gasteiger partial charge in [0.05, 0.1) is 18.3 Å². The van der Waals surface area contributed by atoms with Gasteiger partial charge in [0.1, 0.15) is 0 Å². The molecule has 106 valence electrons. The summed E-state index contributed by atoms with van der Waals surface area (Å²) in [6.45, 7) is 5.83. The predicted molar refractivity (Wildman–Crippen MR) is 71.8 cm³/mol. The lowest BCUT2D eigenvalue weighted by molar-refractivity contribution is 0.0291. The second-order valence-electron chi connectivity index (χ2n) is 5.61. The van der Waals surface area contributed by atoms with Gasteiger partial charge in [0, 0.05) is 46.2 Å². The van der Waals surface area contributed by atoms with Gasteiger partial charge in [-0.2, -0.15) is 5.10 Å². The third-order valence-corrected chi connectivity index (χ3v) is 4.22. The lowest BCUT2D eigenvalue weighted by Gasteiger charge is -2.29. The Bertz CT molecular complexity index is 401. The summed E-state index contributed by atoms with van der Waals surface area (Å²) in [5.74, 6) is 0.765. The number of nitrogens with zero attached hydrogens (tertiary/aromatic N) is 3. The Morgan fingerprint density at radius 2 is 2.21 bits per heavy atom. The third-order valence-electron chi connectivity index (χ3n) is 4.22. The van der Waals surface area contributed by atoms with Gasteiger partial charge < -0.3 is 9.47 Å². The van der Waals surface area contributed by atoms with Crippen molar-refractivity contribution in [3.8, 4) is 0 Å². The van der Waals surface area contributed by atoms with E-state index in [0.717, 1.165) is 45.3 Å². The van der Waals surface area contributed by atoms with Crippen LogP contribution in [0.4, 0.5) is 0 Å². The van der Waals surface area contributed by atoms with Crippen LogP contribution in [0.15, 0.2) is 12.3 Å². The average molecular weight is 265 g/mol. The first-order valence-corrected chi connectivity index (χ1v) is 7.18. The molecule has 0 saturated carbocycles. The van der Waals surface area contributed by atoms with E-state index in [-0.39, 0.29) is 6.10 Å². The molecule has 19 heavy (non-hydrogen) atoms. The lowest BCUT2D eigenvalue weighted by atomic mass is 9.99. The molecule has 0 radical (unpaired) electrons. The van der Waals surface area contributed by atoms with Gasteiger partial charge >= 0.3 is 0 Å². The number of ether oxygens (including phenoxy) is 2. The smallest absolute Gasteiger partial charge is 0.0893 e. The Hall–Kier alpha value is -0.910. The summed E-state index contributed by atoms with van der Waals surface area (Å²) in [5.41, 5.74) is 1.30. The summed E-state index contributed by atoms with van der Waals surface area (Å²) in [6, 6.07) is 2.12. The van der Waals surface area contributed by atoms with E-state index in [0.29, 0.717) is 0 Å². The topological polar surface area (TPSA) is 39.5 Å². The van der Waals surface area contributed by atoms with E-state index >= 15 is 0 Å². The van der Waals surface area contributed by atoms with E-state index in [1.165, 1.54) is 18.5 Å². The minimum atomic E-state index is 0.237. The van der Waals surface area contributed by atoms with Crippen molar-refractivity contribution in [3.05, 3.63) is 18.0 Å². The highest BCUT2D eigenvalue weighted by Crippen LogP contribution is 2.20. The predicted octanol–water partition coefficient (Wildman–Crippen LogP) is 1.14. The van der Waals surface area contributed by atoms with Crippen molar-refractivity contribution >= 4 is 0 Å². The molecule has 0 bridgehead atoms. The molecule has 0 amide bonds. The van der Waals surface area contributed by atoms with E-state index in [9.17, 15) is 0 Å². The van der Waals surface area contributed by atoms with Crippen LogP contribution in [0.1, 0.15) is 18.5 Å². The van der Waals surface area contributed by atoms with E-state index in [1.54, 1.807) is 7.11 Å². The zero-order valence-corrected chi connectivity index (χ0v) is 11.6. The van der Waals surface area contributed by atoms with Gasteiger partial charge in [-0.15, -0.1) is 0 Å². The largest absolute Gasteiger partial charge is 0.381 e. The van der Waals surface area contributed by atoms with Crippen LogP contribution in [0.3, 0.4) is 0 Å². The maximum Gasteiger partial charge on any atom is 0.0893 e. The molecule has 3 rings (SSSR count). The molecule has 3 heterocycles. The molecule has 1 atom stereocenters. The first kappa shape index (κ1) is 13.1. The fraction of sp³-hybridized carbons (Fsp3) is 0.786. The molecular formula is C14H23N3O2. The van der Waals surface area contributed by atoms with Gasteiger partial charge in [-0.25, -0.2) is 0 Å². The molecule has 1 fully saturated rings. The van der Waals surface area contributed by atoms with Crippen molar-refractivity contribution in [2.24, 2.45) is 5.92 Å². The molecule has 1 aromatic heterocycles. The van der Waals surface area contributed by atoms with Gasteiger partial charge in [-0.05, 0) is 24.8 Å². The minimum absolute atomic E-state index is 0.237. The Morgan fingerprint density at radius 3 is 3.00 bits per heavy atom. The average Bonchev–Trinajstić information content (AvgIpc) is 2.79. The molecule has 0 spiro atoms. The fourth-order valence-corrected chi connectivity index (χ4v) is 3.07. The van der Waals surface area contributed by atoms with E-state index in [1.807, 2.05) is 6.20 Å². The second kappa shape index (κ2) is 6.03. The molecule has 0 N–H and O–H groups in total. The normalized spacial score (nSPS) is 26.1. The summed E-state index contributed by atoms with van der Waals surface area (Å²) in [4.78, 5) is 2.52. The monoisotopic (exact) mass is 265 g/mol. The fourth-order valence-electron chi connectivity index (χ4n) is 3.07. The molecule has 0 unspecified atom stereocenters. The number of aromatic nitrogens is 2. The third kappa shape index (κ3) is 3.16. The second-order valence-corrected chi connectivity index (χ2v) is 5.61. The lowest BCUT2D eigenvalue weighted by Crippen LogP contribution is -2.37. The summed E-state index contributed by atoms with van der Waals surface area (Å²) in [7, 11) is 1.80. The molecule has 5 heteroatoms. The Morgan fingerprint density at radius 1 is 1.37 bits per heavy atom. The van der Waals surface area contributed by atoms with Crippen molar-refractivity contribution in [1.82, 2.24) is 14.7 Å². The minimum Gasteiger partial charge on any atom is -0.381 e. The highest BCUT2D eigenvalue weighted by Gasteiger charge is 2.24. The highest BCUT2D eigenvalue weighted by molar-refractivity contribution is 5.02. The van der Waals surface area contributed by atoms with E-state index in [2.05, 4.69) is 20.7 Å². The van der Waals surface area contributed by atoms with Crippen LogP contribution >= 0.6 is 0 Å². The number of rotatable bonds is 3. The summed E-state index contributed by atoms with van der Waals surface area (Å²) in [6.07, 6.45) is 4.50. The molecule has 0 aromatic carbocycles. The summed E-state index contributed by atoms with van der Waals surface area (Å²) in [5, 5.41) is 4.39. The molecule has 2 aliphatic heterocycles. The van der Waals surface area contributed by atoms with Crippen LogP contribution in [0.2, 0.25) is 0 Å². The van der Waals surface area contributed by atoms with Crippen molar-refractivity contribution in [3.63, 3.8) is 0 Å². The zero-order valence-electron chi connectivity index (χ0n) is 11.6. The molecule has 2 aliphatic rings. The van der Waals surface area contributed by atoms with Crippen LogP contribution in [-0.2, 0) is 22.6 Å². The Balaban J connectivity index is 1.67. The Labute approximate surface area is 114 Å². The zero-order chi connectivity index (χ0) is 13.1. The van der Waals surface area contributed by atoms with Crippen LogP contribution < -0.4 is 0 Å². The number of hydrogen-bond donors (Lipinski definition) is 0. The first-order valence-electron chi connectivity index (χ1n) is 7.18. The molecule has 1 saturated heterocycles. The van der Waals surface area contributed by atoms with Gasteiger partial charge in [0.2, 0.25) is 0 Å². The van der Waals surface area contributed by atoms with Gasteiger partial charge in [-0.1, -0.05) is 0 Å². The van der Waals surface area contributed by atoms with Crippen LogP contribution in [0, 0.1) is 5.92 Å². The van der Waals surface area contributed by atoms with E-state index in [4.69, 9.17) is 9.47 Å². The molecule has 5 nitrogen and oxygen atoms in total. The quantitative estimate of drug-likeness (QED) is 0.821. The van der Waals surface area contributed by atoms with Crippen LogP contribution in [0.25, 0.3) is 0 Å². The van der Waals surface area contributed by atoms with Crippen molar-refractivity contribution in [1.29, 1.82) is 0 Å². The maximum atomic E-state index is 5.59. The van der Waals surface area contributed by atoms with Crippen molar-refractivity contribution in [2.75, 3.05) is 33.4 Å². The van der Waals surface area contributed by atoms with Crippen molar-refractivity contribution in [2.45, 2.75) is 32.0 Å². The number of methoxy groups -OCH3 is 1. The van der Waals surface area contributed by atoms with Crippen LogP contribution in [-0.4, -0.2) is 54.2 Å². The van der Waals surface area contributed by atoms with Crippen LogP contribution in [0.5, 0.6) is 0 Å². The van der Waals surface area contributed by atoms with E-state index < -0.39 is 0 Å². The van der Waals surface area contributed by atoms with Gasteiger partial charge in [0.25, 0.3) is 0 Å². The van der Waals surface area contributed by atoms with Crippen molar-refractivity contribution < 1.29 is 9.47 Å². The standard InChI is InChI=1S/C14H23N3O2/c1-18-14-10-16(8-12-3-6-19-7-4-12)9-13-2-5-15-17(13)11-14/h2,5,12,14H,3-4,6-11H2,1H3/t14-/m0/s1. The summed E-state index contributed by atoms with van der Waals surface area (Å²) >= 11 is 0. The van der Waals surface area contributed by atoms with Gasteiger partial charge in [0.15, 0.2) is 0 Å². The summed E-state index contributed by atoms with van der Waals surface area (Å²) < 4.78 is 13.1. The molecular weight excluding hydrogens is 242 g/mol. The SMILES string of the molecule is CO[C@H]1CN(CC2CCOCC2)Cc2ccnn2C1. The number of fused-ring (bicyclic) bond motifs is 1. The number of hydrogen-bond acceptors (Lipinski definition) is 4. The highest BCUT2D eigenvalue weighted by atomic mass is 16.5. The molecule has 0 aliphatic carbocycles. The maximum absolute atomic E-state index is 5.59. The molecule has 1 aromatic rings. The Kier molecular flexibility index (Phi) is 4.15.